The first kappa shape index (κ1) is 17.8. The van der Waals surface area contributed by atoms with Gasteiger partial charge in [0, 0.05) is 36.7 Å². The molecule has 0 fully saturated rings. The van der Waals surface area contributed by atoms with Crippen LogP contribution in [-0.2, 0) is 13.5 Å². The highest BCUT2D eigenvalue weighted by Gasteiger charge is 2.26. The molecule has 0 spiro atoms. The lowest BCUT2D eigenvalue weighted by Crippen LogP contribution is -2.28. The van der Waals surface area contributed by atoms with Crippen LogP contribution < -0.4 is 15.0 Å². The second kappa shape index (κ2) is 7.19. The summed E-state index contributed by atoms with van der Waals surface area (Å²) in [5, 5.41) is 6.88. The van der Waals surface area contributed by atoms with Gasteiger partial charge in [-0.3, -0.25) is 14.3 Å². The summed E-state index contributed by atoms with van der Waals surface area (Å²) >= 11 is 0. The number of carbonyl (C=O) groups is 2. The molecule has 0 radical (unpaired) electrons. The van der Waals surface area contributed by atoms with Crippen LogP contribution in [-0.4, -0.2) is 35.2 Å². The van der Waals surface area contributed by atoms with Crippen LogP contribution in [0.15, 0.2) is 54.9 Å². The number of carbonyl (C=O) groups excluding carboxylic acids is 2. The van der Waals surface area contributed by atoms with E-state index in [0.29, 0.717) is 29.1 Å². The molecule has 1 aromatic heterocycles. The van der Waals surface area contributed by atoms with Crippen LogP contribution in [0, 0.1) is 0 Å². The van der Waals surface area contributed by atoms with Gasteiger partial charge >= 0.3 is 0 Å². The van der Waals surface area contributed by atoms with Crippen LogP contribution in [0.2, 0.25) is 0 Å². The molecule has 4 rings (SSSR count). The van der Waals surface area contributed by atoms with Crippen molar-refractivity contribution in [2.24, 2.45) is 7.05 Å². The van der Waals surface area contributed by atoms with E-state index < -0.39 is 0 Å². The summed E-state index contributed by atoms with van der Waals surface area (Å²) in [6, 6.07) is 12.7. The molecular weight excluding hydrogens is 356 g/mol. The third kappa shape index (κ3) is 3.34. The lowest BCUT2D eigenvalue weighted by atomic mass is 10.1. The third-order valence-electron chi connectivity index (χ3n) is 4.79. The average molecular weight is 376 g/mol. The molecule has 142 valence electrons. The van der Waals surface area contributed by atoms with Crippen LogP contribution >= 0.6 is 0 Å². The van der Waals surface area contributed by atoms with Crippen LogP contribution in [0.25, 0.3) is 0 Å². The number of rotatable bonds is 4. The number of aromatic nitrogens is 2. The van der Waals surface area contributed by atoms with E-state index in [-0.39, 0.29) is 11.8 Å². The van der Waals surface area contributed by atoms with Gasteiger partial charge in [-0.15, -0.1) is 0 Å². The number of aryl methyl sites for hydroxylation is 1. The number of benzene rings is 2. The summed E-state index contributed by atoms with van der Waals surface area (Å²) in [5.41, 5.74) is 3.63. The van der Waals surface area contributed by atoms with Crippen LogP contribution in [0.3, 0.4) is 0 Å². The van der Waals surface area contributed by atoms with Crippen LogP contribution in [0.4, 0.5) is 11.4 Å². The molecule has 0 saturated carbocycles. The smallest absolute Gasteiger partial charge is 0.258 e. The molecule has 28 heavy (non-hydrogen) atoms. The van der Waals surface area contributed by atoms with Crippen molar-refractivity contribution >= 4 is 23.2 Å². The molecule has 2 amide bonds. The zero-order chi connectivity index (χ0) is 19.7. The summed E-state index contributed by atoms with van der Waals surface area (Å²) < 4.78 is 6.73. The van der Waals surface area contributed by atoms with Gasteiger partial charge in [0.05, 0.1) is 18.9 Å². The summed E-state index contributed by atoms with van der Waals surface area (Å²) in [7, 11) is 3.35. The SMILES string of the molecule is COc1ccc(C(=O)N2CCc3ccc(NC(=O)c4cnn(C)c4)cc32)cc1. The lowest BCUT2D eigenvalue weighted by molar-refractivity contribution is 0.0988. The number of methoxy groups -OCH3 is 1. The Balaban J connectivity index is 1.56. The van der Waals surface area contributed by atoms with E-state index in [1.165, 1.54) is 6.20 Å². The van der Waals surface area contributed by atoms with Gasteiger partial charge in [0.25, 0.3) is 11.8 Å². The Bertz CT molecular complexity index is 1040. The second-order valence-electron chi connectivity index (χ2n) is 6.64. The van der Waals surface area contributed by atoms with Crippen molar-refractivity contribution in [3.8, 4) is 5.75 Å². The Morgan fingerprint density at radius 3 is 2.57 bits per heavy atom. The fourth-order valence-corrected chi connectivity index (χ4v) is 3.30. The molecular formula is C21H20N4O3. The van der Waals surface area contributed by atoms with Gasteiger partial charge in [0.1, 0.15) is 5.75 Å². The number of ether oxygens (including phenoxy) is 1. The Labute approximate surface area is 162 Å². The van der Waals surface area contributed by atoms with Gasteiger partial charge in [-0.2, -0.15) is 5.10 Å². The minimum absolute atomic E-state index is 0.0721. The van der Waals surface area contributed by atoms with Crippen molar-refractivity contribution in [3.05, 3.63) is 71.5 Å². The molecule has 2 heterocycles. The number of fused-ring (bicyclic) bond motifs is 1. The van der Waals surface area contributed by atoms with E-state index in [4.69, 9.17) is 4.74 Å². The molecule has 0 unspecified atom stereocenters. The number of nitrogens with one attached hydrogen (secondary N) is 1. The van der Waals surface area contributed by atoms with E-state index in [0.717, 1.165) is 17.7 Å². The predicted octanol–water partition coefficient (Wildman–Crippen LogP) is 2.88. The maximum Gasteiger partial charge on any atom is 0.258 e. The van der Waals surface area contributed by atoms with Gasteiger partial charge < -0.3 is 15.0 Å². The van der Waals surface area contributed by atoms with E-state index in [9.17, 15) is 9.59 Å². The molecule has 7 heteroatoms. The molecule has 0 aliphatic carbocycles. The van der Waals surface area contributed by atoms with Crippen molar-refractivity contribution in [2.45, 2.75) is 6.42 Å². The predicted molar refractivity (Wildman–Crippen MR) is 106 cm³/mol. The Morgan fingerprint density at radius 2 is 1.89 bits per heavy atom. The van der Waals surface area contributed by atoms with Gasteiger partial charge in [0.15, 0.2) is 0 Å². The third-order valence-corrected chi connectivity index (χ3v) is 4.79. The molecule has 0 atom stereocenters. The first-order valence-corrected chi connectivity index (χ1v) is 8.94. The zero-order valence-corrected chi connectivity index (χ0v) is 15.7. The maximum absolute atomic E-state index is 13.0. The van der Waals surface area contributed by atoms with Crippen molar-refractivity contribution in [3.63, 3.8) is 0 Å². The van der Waals surface area contributed by atoms with E-state index in [2.05, 4.69) is 10.4 Å². The Hall–Kier alpha value is -3.61. The summed E-state index contributed by atoms with van der Waals surface area (Å²) in [6.45, 7) is 0.611. The Morgan fingerprint density at radius 1 is 1.11 bits per heavy atom. The van der Waals surface area contributed by atoms with Crippen molar-refractivity contribution in [1.82, 2.24) is 9.78 Å². The van der Waals surface area contributed by atoms with Crippen molar-refractivity contribution < 1.29 is 14.3 Å². The van der Waals surface area contributed by atoms with Crippen LogP contribution in [0.5, 0.6) is 5.75 Å². The fraction of sp³-hybridized carbons (Fsp3) is 0.190. The van der Waals surface area contributed by atoms with Crippen molar-refractivity contribution in [1.29, 1.82) is 0 Å². The normalized spacial score (nSPS) is 12.6. The highest BCUT2D eigenvalue weighted by Crippen LogP contribution is 2.32. The minimum Gasteiger partial charge on any atom is -0.497 e. The van der Waals surface area contributed by atoms with Gasteiger partial charge in [0.2, 0.25) is 0 Å². The standard InChI is InChI=1S/C21H20N4O3/c1-24-13-16(12-22-24)20(26)23-17-6-3-14-9-10-25(19(14)11-17)21(27)15-4-7-18(28-2)8-5-15/h3-8,11-13H,9-10H2,1-2H3,(H,23,26). The average Bonchev–Trinajstić information content (AvgIpc) is 3.33. The maximum atomic E-state index is 13.0. The number of hydrogen-bond acceptors (Lipinski definition) is 4. The first-order chi connectivity index (χ1) is 13.5. The summed E-state index contributed by atoms with van der Waals surface area (Å²) in [5.74, 6) is 0.398. The fourth-order valence-electron chi connectivity index (χ4n) is 3.30. The molecule has 1 N–H and O–H groups in total. The zero-order valence-electron chi connectivity index (χ0n) is 15.7. The molecule has 0 saturated heterocycles. The van der Waals surface area contributed by atoms with E-state index in [1.807, 2.05) is 18.2 Å². The number of nitrogens with zero attached hydrogens (tertiary/aromatic N) is 3. The first-order valence-electron chi connectivity index (χ1n) is 8.94. The second-order valence-corrected chi connectivity index (χ2v) is 6.64. The van der Waals surface area contributed by atoms with E-state index >= 15 is 0 Å². The van der Waals surface area contributed by atoms with Crippen LogP contribution in [0.1, 0.15) is 26.3 Å². The topological polar surface area (TPSA) is 76.5 Å². The highest BCUT2D eigenvalue weighted by molar-refractivity contribution is 6.08. The molecule has 3 aromatic rings. The van der Waals surface area contributed by atoms with E-state index in [1.54, 1.807) is 54.2 Å². The minimum atomic E-state index is -0.237. The molecule has 7 nitrogen and oxygen atoms in total. The van der Waals surface area contributed by atoms with Gasteiger partial charge in [-0.1, -0.05) is 6.07 Å². The summed E-state index contributed by atoms with van der Waals surface area (Å²) in [4.78, 5) is 27.1. The summed E-state index contributed by atoms with van der Waals surface area (Å²) in [6.07, 6.45) is 3.96. The lowest BCUT2D eigenvalue weighted by Gasteiger charge is -2.18. The van der Waals surface area contributed by atoms with Gasteiger partial charge in [-0.25, -0.2) is 0 Å². The monoisotopic (exact) mass is 376 g/mol. The van der Waals surface area contributed by atoms with Crippen molar-refractivity contribution in [2.75, 3.05) is 23.9 Å². The molecule has 0 bridgehead atoms. The number of anilines is 2. The largest absolute Gasteiger partial charge is 0.497 e. The van der Waals surface area contributed by atoms with Gasteiger partial charge in [-0.05, 0) is 48.4 Å². The quantitative estimate of drug-likeness (QED) is 0.760. The number of amides is 2. The molecule has 1 aliphatic rings. The number of hydrogen-bond donors (Lipinski definition) is 1. The highest BCUT2D eigenvalue weighted by atomic mass is 16.5. The Kier molecular flexibility index (Phi) is 4.57. The molecule has 2 aromatic carbocycles. The molecule has 1 aliphatic heterocycles.